The summed E-state index contributed by atoms with van der Waals surface area (Å²) in [5.41, 5.74) is 1.01. The largest absolute Gasteiger partial charge is 2.00 e. The van der Waals surface area contributed by atoms with Crippen molar-refractivity contribution in [1.82, 2.24) is 0 Å². The first-order valence-corrected chi connectivity index (χ1v) is 3.74. The summed E-state index contributed by atoms with van der Waals surface area (Å²) >= 11 is 0. The zero-order valence-corrected chi connectivity index (χ0v) is 9.25. The van der Waals surface area contributed by atoms with Crippen molar-refractivity contribution in [2.24, 2.45) is 0 Å². The summed E-state index contributed by atoms with van der Waals surface area (Å²) in [6.07, 6.45) is 0. The van der Waals surface area contributed by atoms with Gasteiger partial charge in [0.15, 0.2) is 11.6 Å². The van der Waals surface area contributed by atoms with Crippen LogP contribution in [0.15, 0.2) is 24.3 Å². The molecule has 0 bridgehead atoms. The maximum atomic E-state index is 11.0. The second-order valence-corrected chi connectivity index (χ2v) is 2.66. The number of carbonyl (C=O) groups is 2. The van der Waals surface area contributed by atoms with Gasteiger partial charge in [0.2, 0.25) is 0 Å². The SMILES string of the molecule is CC(=O)c1ccccc1C(C)=O.[H-].[H-].[Mg+2]. The van der Waals surface area contributed by atoms with E-state index in [1.807, 2.05) is 0 Å². The van der Waals surface area contributed by atoms with E-state index in [-0.39, 0.29) is 37.5 Å². The first-order chi connectivity index (χ1) is 5.63. The van der Waals surface area contributed by atoms with Crippen LogP contribution in [0.1, 0.15) is 37.4 Å². The van der Waals surface area contributed by atoms with Crippen molar-refractivity contribution < 1.29 is 12.4 Å². The van der Waals surface area contributed by atoms with Crippen LogP contribution in [0.2, 0.25) is 0 Å². The van der Waals surface area contributed by atoms with E-state index in [0.29, 0.717) is 11.1 Å². The van der Waals surface area contributed by atoms with Crippen LogP contribution in [0, 0.1) is 0 Å². The summed E-state index contributed by atoms with van der Waals surface area (Å²) in [5.74, 6) is -0.137. The monoisotopic (exact) mass is 188 g/mol. The molecule has 0 aromatic heterocycles. The minimum atomic E-state index is -0.0687. The molecule has 1 rings (SSSR count). The first kappa shape index (κ1) is 12.3. The van der Waals surface area contributed by atoms with Gasteiger partial charge in [-0.3, -0.25) is 9.59 Å². The van der Waals surface area contributed by atoms with Crippen molar-refractivity contribution in [3.63, 3.8) is 0 Å². The van der Waals surface area contributed by atoms with Gasteiger partial charge in [-0.1, -0.05) is 24.3 Å². The third-order valence-corrected chi connectivity index (χ3v) is 1.69. The van der Waals surface area contributed by atoms with E-state index in [9.17, 15) is 9.59 Å². The molecule has 0 saturated carbocycles. The molecular weight excluding hydrogens is 176 g/mol. The van der Waals surface area contributed by atoms with Crippen molar-refractivity contribution in [1.29, 1.82) is 0 Å². The van der Waals surface area contributed by atoms with E-state index >= 15 is 0 Å². The zero-order chi connectivity index (χ0) is 9.14. The van der Waals surface area contributed by atoms with E-state index < -0.39 is 0 Å². The van der Waals surface area contributed by atoms with Gasteiger partial charge in [0.05, 0.1) is 0 Å². The predicted molar refractivity (Wildman–Crippen MR) is 54.4 cm³/mol. The fourth-order valence-corrected chi connectivity index (χ4v) is 1.10. The molecule has 66 valence electrons. The van der Waals surface area contributed by atoms with Gasteiger partial charge in [0.1, 0.15) is 0 Å². The van der Waals surface area contributed by atoms with Crippen LogP contribution in [-0.2, 0) is 0 Å². The second kappa shape index (κ2) is 5.14. The van der Waals surface area contributed by atoms with Gasteiger partial charge in [0, 0.05) is 11.1 Å². The molecule has 0 fully saturated rings. The van der Waals surface area contributed by atoms with E-state index in [0.717, 1.165) is 0 Å². The van der Waals surface area contributed by atoms with Crippen LogP contribution in [0.5, 0.6) is 0 Å². The molecule has 1 aromatic carbocycles. The molecule has 0 aliphatic carbocycles. The van der Waals surface area contributed by atoms with Crippen molar-refractivity contribution in [3.05, 3.63) is 35.4 Å². The molecule has 0 unspecified atom stereocenters. The fraction of sp³-hybridized carbons (Fsp3) is 0.200. The zero-order valence-electron chi connectivity index (χ0n) is 9.83. The van der Waals surface area contributed by atoms with E-state index in [1.165, 1.54) is 13.8 Å². The van der Waals surface area contributed by atoms with Gasteiger partial charge in [-0.25, -0.2) is 0 Å². The van der Waals surface area contributed by atoms with Crippen molar-refractivity contribution >= 4 is 34.6 Å². The number of hydrogen-bond acceptors (Lipinski definition) is 2. The maximum absolute atomic E-state index is 11.0. The normalized spacial score (nSPS) is 8.77. The molecule has 1 aromatic rings. The average molecular weight is 189 g/mol. The number of ketones is 2. The van der Waals surface area contributed by atoms with Crippen LogP contribution in [-0.4, -0.2) is 34.6 Å². The molecule has 0 aliphatic rings. The van der Waals surface area contributed by atoms with Crippen LogP contribution >= 0.6 is 0 Å². The average Bonchev–Trinajstić information content (AvgIpc) is 2.04. The number of Topliss-reactive ketones (excluding diaryl/α,β-unsaturated/α-hetero) is 2. The Kier molecular flexibility index (Phi) is 4.88. The van der Waals surface area contributed by atoms with Gasteiger partial charge in [0.25, 0.3) is 0 Å². The topological polar surface area (TPSA) is 34.1 Å². The quantitative estimate of drug-likeness (QED) is 0.525. The van der Waals surface area contributed by atoms with Gasteiger partial charge < -0.3 is 2.85 Å². The third-order valence-electron chi connectivity index (χ3n) is 1.69. The molecule has 0 atom stereocenters. The van der Waals surface area contributed by atoms with Gasteiger partial charge >= 0.3 is 23.1 Å². The number of hydrogen-bond donors (Lipinski definition) is 0. The number of rotatable bonds is 2. The molecule has 0 radical (unpaired) electrons. The molecule has 0 spiro atoms. The Morgan fingerprint density at radius 3 is 1.54 bits per heavy atom. The van der Waals surface area contributed by atoms with E-state index in [4.69, 9.17) is 0 Å². The summed E-state index contributed by atoms with van der Waals surface area (Å²) in [6, 6.07) is 6.84. The van der Waals surface area contributed by atoms with Crippen LogP contribution in [0.25, 0.3) is 0 Å². The maximum Gasteiger partial charge on any atom is 2.00 e. The van der Waals surface area contributed by atoms with Crippen LogP contribution in [0.4, 0.5) is 0 Å². The molecule has 0 saturated heterocycles. The third kappa shape index (κ3) is 2.93. The molecular formula is C10H12MgO2. The summed E-state index contributed by atoms with van der Waals surface area (Å²) in [4.78, 5) is 22.0. The first-order valence-electron chi connectivity index (χ1n) is 3.74. The molecule has 0 heterocycles. The van der Waals surface area contributed by atoms with E-state index in [1.54, 1.807) is 24.3 Å². The summed E-state index contributed by atoms with van der Waals surface area (Å²) in [5, 5.41) is 0. The molecule has 0 N–H and O–H groups in total. The summed E-state index contributed by atoms with van der Waals surface area (Å²) < 4.78 is 0. The van der Waals surface area contributed by atoms with E-state index in [2.05, 4.69) is 0 Å². The molecule has 3 heteroatoms. The summed E-state index contributed by atoms with van der Waals surface area (Å²) in [7, 11) is 0. The van der Waals surface area contributed by atoms with Crippen molar-refractivity contribution in [2.75, 3.05) is 0 Å². The Morgan fingerprint density at radius 1 is 1.00 bits per heavy atom. The Balaban J connectivity index is -0.000000480. The minimum absolute atomic E-state index is 0. The standard InChI is InChI=1S/C10H10O2.Mg.2H/c1-7(11)9-5-3-4-6-10(9)8(2)12;;;/h3-6H,1-2H3;;;/q;+2;2*-1. The Bertz CT molecular complexity index is 307. The second-order valence-electron chi connectivity index (χ2n) is 2.66. The van der Waals surface area contributed by atoms with Gasteiger partial charge in [-0.15, -0.1) is 0 Å². The molecule has 2 nitrogen and oxygen atoms in total. The fourth-order valence-electron chi connectivity index (χ4n) is 1.10. The predicted octanol–water partition coefficient (Wildman–Crippen LogP) is 1.94. The number of benzene rings is 1. The van der Waals surface area contributed by atoms with Crippen molar-refractivity contribution in [3.8, 4) is 0 Å². The van der Waals surface area contributed by atoms with Gasteiger partial charge in [-0.2, -0.15) is 0 Å². The Labute approximate surface area is 96.5 Å². The summed E-state index contributed by atoms with van der Waals surface area (Å²) in [6.45, 7) is 2.92. The van der Waals surface area contributed by atoms with Crippen molar-refractivity contribution in [2.45, 2.75) is 13.8 Å². The molecule has 0 amide bonds. The Morgan fingerprint density at radius 2 is 1.31 bits per heavy atom. The Hall–Kier alpha value is -0.674. The van der Waals surface area contributed by atoms with Gasteiger partial charge in [-0.05, 0) is 13.8 Å². The number of carbonyl (C=O) groups excluding carboxylic acids is 2. The molecule has 13 heavy (non-hydrogen) atoms. The van der Waals surface area contributed by atoms with Crippen LogP contribution in [0.3, 0.4) is 0 Å². The smallest absolute Gasteiger partial charge is 1.00 e. The minimum Gasteiger partial charge on any atom is -1.00 e. The molecule has 0 aliphatic heterocycles. The van der Waals surface area contributed by atoms with Crippen LogP contribution < -0.4 is 0 Å².